The number of hydrogen-bond acceptors (Lipinski definition) is 1. The summed E-state index contributed by atoms with van der Waals surface area (Å²) in [7, 11) is 0. The van der Waals surface area contributed by atoms with Crippen molar-refractivity contribution in [2.24, 2.45) is 0 Å². The summed E-state index contributed by atoms with van der Waals surface area (Å²) in [6, 6.07) is 19.5. The fraction of sp³-hybridized carbons (Fsp3) is 0. The maximum absolute atomic E-state index is 14.3. The van der Waals surface area contributed by atoms with Crippen molar-refractivity contribution in [1.29, 1.82) is 0 Å². The number of aromatic hydroxyl groups is 1. The van der Waals surface area contributed by atoms with Gasteiger partial charge in [-0.15, -0.1) is 0 Å². The lowest BCUT2D eigenvalue weighted by molar-refractivity contribution is 0.477. The van der Waals surface area contributed by atoms with Gasteiger partial charge in [0.15, 0.2) is 0 Å². The molecule has 0 radical (unpaired) electrons. The minimum absolute atomic E-state index is 0.0255. The highest BCUT2D eigenvalue weighted by Crippen LogP contribution is 2.40. The molecule has 0 bridgehead atoms. The Bertz CT molecular complexity index is 784. The highest BCUT2D eigenvalue weighted by atomic mass is 35.5. The maximum Gasteiger partial charge on any atom is 0.149 e. The first-order valence-electron chi connectivity index (χ1n) is 6.50. The highest BCUT2D eigenvalue weighted by Gasteiger charge is 2.16. The number of hydrogen-bond donors (Lipinski definition) is 1. The van der Waals surface area contributed by atoms with Gasteiger partial charge in [0.1, 0.15) is 11.6 Å². The summed E-state index contributed by atoms with van der Waals surface area (Å²) in [5, 5.41) is 10.2. The minimum Gasteiger partial charge on any atom is -0.507 e. The number of benzene rings is 3. The van der Waals surface area contributed by atoms with Crippen LogP contribution in [-0.2, 0) is 0 Å². The highest BCUT2D eigenvalue weighted by molar-refractivity contribution is 6.31. The van der Waals surface area contributed by atoms with E-state index in [-0.39, 0.29) is 10.8 Å². The van der Waals surface area contributed by atoms with Gasteiger partial charge < -0.3 is 5.11 Å². The van der Waals surface area contributed by atoms with Gasteiger partial charge in [0, 0.05) is 11.1 Å². The average Bonchev–Trinajstić information content (AvgIpc) is 2.51. The molecule has 0 atom stereocenters. The SMILES string of the molecule is Oc1cccc(-c2ccccc2)c1-c1cccc(Cl)c1F. The van der Waals surface area contributed by atoms with Crippen molar-refractivity contribution in [2.45, 2.75) is 0 Å². The van der Waals surface area contributed by atoms with E-state index in [2.05, 4.69) is 0 Å². The van der Waals surface area contributed by atoms with Crippen LogP contribution < -0.4 is 0 Å². The van der Waals surface area contributed by atoms with Crippen molar-refractivity contribution in [3.63, 3.8) is 0 Å². The molecule has 3 rings (SSSR count). The van der Waals surface area contributed by atoms with E-state index in [4.69, 9.17) is 11.6 Å². The standard InChI is InChI=1S/C18H12ClFO/c19-15-10-4-9-14(18(15)20)17-13(8-5-11-16(17)21)12-6-2-1-3-7-12/h1-11,21H. The van der Waals surface area contributed by atoms with E-state index < -0.39 is 5.82 Å². The summed E-state index contributed by atoms with van der Waals surface area (Å²) in [5.74, 6) is -0.504. The van der Waals surface area contributed by atoms with Crippen LogP contribution in [0.3, 0.4) is 0 Å². The van der Waals surface area contributed by atoms with Crippen molar-refractivity contribution in [1.82, 2.24) is 0 Å². The van der Waals surface area contributed by atoms with E-state index >= 15 is 0 Å². The van der Waals surface area contributed by atoms with Gasteiger partial charge in [-0.05, 0) is 23.3 Å². The minimum atomic E-state index is -0.530. The molecule has 0 saturated heterocycles. The van der Waals surface area contributed by atoms with E-state index in [1.165, 1.54) is 6.07 Å². The zero-order valence-electron chi connectivity index (χ0n) is 11.1. The summed E-state index contributed by atoms with van der Waals surface area (Å²) < 4.78 is 14.3. The Labute approximate surface area is 127 Å². The first-order valence-corrected chi connectivity index (χ1v) is 6.88. The second-order valence-electron chi connectivity index (χ2n) is 4.67. The molecule has 0 aliphatic rings. The van der Waals surface area contributed by atoms with Gasteiger partial charge in [-0.1, -0.05) is 66.2 Å². The lowest BCUT2D eigenvalue weighted by Gasteiger charge is -2.13. The molecule has 0 amide bonds. The van der Waals surface area contributed by atoms with Crippen molar-refractivity contribution in [3.05, 3.63) is 77.6 Å². The number of phenolic OH excluding ortho intramolecular Hbond substituents is 1. The summed E-state index contributed by atoms with van der Waals surface area (Å²) >= 11 is 5.86. The van der Waals surface area contributed by atoms with Gasteiger partial charge >= 0.3 is 0 Å². The second kappa shape index (κ2) is 5.58. The molecule has 3 heteroatoms. The van der Waals surface area contributed by atoms with E-state index in [9.17, 15) is 9.50 Å². The molecule has 1 nitrogen and oxygen atoms in total. The lowest BCUT2D eigenvalue weighted by Crippen LogP contribution is -1.90. The van der Waals surface area contributed by atoms with Gasteiger partial charge in [-0.3, -0.25) is 0 Å². The summed E-state index contributed by atoms with van der Waals surface area (Å²) in [6.07, 6.45) is 0. The van der Waals surface area contributed by atoms with Crippen LogP contribution >= 0.6 is 11.6 Å². The lowest BCUT2D eigenvalue weighted by atomic mass is 9.93. The molecule has 0 heterocycles. The maximum atomic E-state index is 14.3. The molecule has 104 valence electrons. The van der Waals surface area contributed by atoms with Gasteiger partial charge in [0.05, 0.1) is 5.02 Å². The van der Waals surface area contributed by atoms with Gasteiger partial charge in [-0.25, -0.2) is 4.39 Å². The second-order valence-corrected chi connectivity index (χ2v) is 5.07. The Morgan fingerprint density at radius 1 is 0.762 bits per heavy atom. The first kappa shape index (κ1) is 13.7. The third-order valence-corrected chi connectivity index (χ3v) is 3.64. The van der Waals surface area contributed by atoms with Gasteiger partial charge in [-0.2, -0.15) is 0 Å². The first-order chi connectivity index (χ1) is 10.2. The van der Waals surface area contributed by atoms with E-state index in [0.29, 0.717) is 11.1 Å². The molecular weight excluding hydrogens is 287 g/mol. The van der Waals surface area contributed by atoms with E-state index in [0.717, 1.165) is 11.1 Å². The largest absolute Gasteiger partial charge is 0.507 e. The van der Waals surface area contributed by atoms with Crippen LogP contribution in [0.5, 0.6) is 5.75 Å². The van der Waals surface area contributed by atoms with Crippen LogP contribution in [0.25, 0.3) is 22.3 Å². The monoisotopic (exact) mass is 298 g/mol. The molecule has 0 saturated carbocycles. The topological polar surface area (TPSA) is 20.2 Å². The number of halogens is 2. The van der Waals surface area contributed by atoms with Crippen LogP contribution in [0.1, 0.15) is 0 Å². The predicted molar refractivity (Wildman–Crippen MR) is 83.9 cm³/mol. The Balaban J connectivity index is 2.30. The smallest absolute Gasteiger partial charge is 0.149 e. The third kappa shape index (κ3) is 2.50. The van der Waals surface area contributed by atoms with Crippen molar-refractivity contribution in [3.8, 4) is 28.0 Å². The van der Waals surface area contributed by atoms with Crippen molar-refractivity contribution < 1.29 is 9.50 Å². The number of phenols is 1. The molecule has 3 aromatic carbocycles. The molecule has 0 unspecified atom stereocenters. The molecule has 0 spiro atoms. The van der Waals surface area contributed by atoms with Gasteiger partial charge in [0.2, 0.25) is 0 Å². The molecule has 0 fully saturated rings. The molecule has 1 N–H and O–H groups in total. The zero-order chi connectivity index (χ0) is 14.8. The molecule has 0 aromatic heterocycles. The number of rotatable bonds is 2. The Morgan fingerprint density at radius 2 is 1.43 bits per heavy atom. The van der Waals surface area contributed by atoms with Crippen LogP contribution in [-0.4, -0.2) is 5.11 Å². The Morgan fingerprint density at radius 3 is 2.19 bits per heavy atom. The predicted octanol–water partition coefficient (Wildman–Crippen LogP) is 5.52. The fourth-order valence-corrected chi connectivity index (χ4v) is 2.55. The summed E-state index contributed by atoms with van der Waals surface area (Å²) in [6.45, 7) is 0. The van der Waals surface area contributed by atoms with Crippen molar-refractivity contribution >= 4 is 11.6 Å². The Hall–Kier alpha value is -2.32. The molecule has 0 aliphatic heterocycles. The molecular formula is C18H12ClFO. The summed E-state index contributed by atoms with van der Waals surface area (Å²) in [4.78, 5) is 0. The third-order valence-electron chi connectivity index (χ3n) is 3.35. The van der Waals surface area contributed by atoms with E-state index in [1.54, 1.807) is 24.3 Å². The quantitative estimate of drug-likeness (QED) is 0.660. The van der Waals surface area contributed by atoms with Crippen molar-refractivity contribution in [2.75, 3.05) is 0 Å². The average molecular weight is 299 g/mol. The Kier molecular flexibility index (Phi) is 3.63. The van der Waals surface area contributed by atoms with Crippen LogP contribution in [0.2, 0.25) is 5.02 Å². The van der Waals surface area contributed by atoms with Gasteiger partial charge in [0.25, 0.3) is 0 Å². The normalized spacial score (nSPS) is 10.6. The zero-order valence-corrected chi connectivity index (χ0v) is 11.8. The molecule has 21 heavy (non-hydrogen) atoms. The van der Waals surface area contributed by atoms with Crippen LogP contribution in [0, 0.1) is 5.82 Å². The summed E-state index contributed by atoms with van der Waals surface area (Å²) in [5.41, 5.74) is 2.41. The fourth-order valence-electron chi connectivity index (χ4n) is 2.38. The molecule has 0 aliphatic carbocycles. The van der Waals surface area contributed by atoms with E-state index in [1.807, 2.05) is 36.4 Å². The van der Waals surface area contributed by atoms with Crippen LogP contribution in [0.15, 0.2) is 66.7 Å². The molecule has 3 aromatic rings. The van der Waals surface area contributed by atoms with Crippen LogP contribution in [0.4, 0.5) is 4.39 Å².